The van der Waals surface area contributed by atoms with E-state index in [4.69, 9.17) is 25.9 Å². The lowest BCUT2D eigenvalue weighted by Crippen LogP contribution is -2.26. The summed E-state index contributed by atoms with van der Waals surface area (Å²) in [6, 6.07) is 5.93. The van der Waals surface area contributed by atoms with Crippen molar-refractivity contribution in [2.75, 3.05) is 13.0 Å². The van der Waals surface area contributed by atoms with Crippen LogP contribution in [0.4, 0.5) is 0 Å². The molecule has 0 radical (unpaired) electrons. The van der Waals surface area contributed by atoms with Crippen molar-refractivity contribution in [3.63, 3.8) is 0 Å². The van der Waals surface area contributed by atoms with Gasteiger partial charge in [-0.3, -0.25) is 0 Å². The standard InChI is InChI=1S/C16H22ClNO3S/c1-11(2)20-15-12(6-5-7-13(15)19-4)9-22-14-8-16(3,10-17)21-18-14/h5-7,11H,8-10H2,1-4H3. The van der Waals surface area contributed by atoms with Crippen molar-refractivity contribution in [3.05, 3.63) is 23.8 Å². The normalized spacial score (nSPS) is 20.7. The van der Waals surface area contributed by atoms with Crippen molar-refractivity contribution >= 4 is 28.4 Å². The zero-order valence-electron chi connectivity index (χ0n) is 13.4. The summed E-state index contributed by atoms with van der Waals surface area (Å²) in [5, 5.41) is 5.09. The van der Waals surface area contributed by atoms with Crippen LogP contribution in [0.25, 0.3) is 0 Å². The summed E-state index contributed by atoms with van der Waals surface area (Å²) in [7, 11) is 1.65. The molecule has 1 aliphatic heterocycles. The molecule has 1 aromatic carbocycles. The zero-order chi connectivity index (χ0) is 16.2. The maximum atomic E-state index is 5.91. The van der Waals surface area contributed by atoms with Crippen LogP contribution in [0.2, 0.25) is 0 Å². The molecule has 122 valence electrons. The molecule has 22 heavy (non-hydrogen) atoms. The fourth-order valence-electron chi connectivity index (χ4n) is 2.06. The van der Waals surface area contributed by atoms with E-state index in [-0.39, 0.29) is 11.7 Å². The SMILES string of the molecule is COc1cccc(CSC2=NOC(C)(CCl)C2)c1OC(C)C. The third-order valence-corrected chi connectivity index (χ3v) is 4.78. The first-order chi connectivity index (χ1) is 10.5. The van der Waals surface area contributed by atoms with Crippen molar-refractivity contribution in [2.24, 2.45) is 5.16 Å². The average molecular weight is 344 g/mol. The average Bonchev–Trinajstić information content (AvgIpc) is 2.88. The number of hydrogen-bond acceptors (Lipinski definition) is 5. The minimum Gasteiger partial charge on any atom is -0.493 e. The van der Waals surface area contributed by atoms with Gasteiger partial charge in [-0.2, -0.15) is 0 Å². The van der Waals surface area contributed by atoms with Crippen molar-refractivity contribution in [1.82, 2.24) is 0 Å². The van der Waals surface area contributed by atoms with E-state index in [2.05, 4.69) is 5.16 Å². The highest BCUT2D eigenvalue weighted by Crippen LogP contribution is 2.36. The van der Waals surface area contributed by atoms with Crippen molar-refractivity contribution in [1.29, 1.82) is 0 Å². The summed E-state index contributed by atoms with van der Waals surface area (Å²) in [6.07, 6.45) is 0.831. The Bertz CT molecular complexity index is 550. The molecule has 1 heterocycles. The van der Waals surface area contributed by atoms with E-state index < -0.39 is 0 Å². The number of alkyl halides is 1. The number of methoxy groups -OCH3 is 1. The Labute approximate surface area is 141 Å². The van der Waals surface area contributed by atoms with Crippen LogP contribution in [-0.4, -0.2) is 29.7 Å². The molecular formula is C16H22ClNO3S. The molecule has 1 aliphatic rings. The van der Waals surface area contributed by atoms with Gasteiger partial charge in [0.05, 0.1) is 19.1 Å². The Morgan fingerprint density at radius 1 is 1.45 bits per heavy atom. The highest BCUT2D eigenvalue weighted by Gasteiger charge is 2.33. The fourth-order valence-corrected chi connectivity index (χ4v) is 3.25. The maximum absolute atomic E-state index is 5.91. The first kappa shape index (κ1) is 17.3. The van der Waals surface area contributed by atoms with Gasteiger partial charge in [0.1, 0.15) is 5.04 Å². The minimum absolute atomic E-state index is 0.0896. The minimum atomic E-state index is -0.379. The molecule has 0 bridgehead atoms. The van der Waals surface area contributed by atoms with Gasteiger partial charge >= 0.3 is 0 Å². The molecule has 1 aromatic rings. The number of thioether (sulfide) groups is 1. The summed E-state index contributed by atoms with van der Waals surface area (Å²) in [5.74, 6) is 2.73. The molecule has 6 heteroatoms. The van der Waals surface area contributed by atoms with Crippen LogP contribution >= 0.6 is 23.4 Å². The summed E-state index contributed by atoms with van der Waals surface area (Å²) in [5.41, 5.74) is 0.704. The molecule has 0 aromatic heterocycles. The Kier molecular flexibility index (Phi) is 5.87. The molecule has 0 aliphatic carbocycles. The second kappa shape index (κ2) is 7.47. The number of ether oxygens (including phenoxy) is 2. The highest BCUT2D eigenvalue weighted by molar-refractivity contribution is 8.13. The van der Waals surface area contributed by atoms with E-state index in [9.17, 15) is 0 Å². The molecule has 0 N–H and O–H groups in total. The second-order valence-corrected chi connectivity index (χ2v) is 7.06. The van der Waals surface area contributed by atoms with Crippen LogP contribution in [-0.2, 0) is 10.6 Å². The number of para-hydroxylation sites is 1. The number of benzene rings is 1. The molecule has 0 amide bonds. The quantitative estimate of drug-likeness (QED) is 0.715. The van der Waals surface area contributed by atoms with Crippen LogP contribution < -0.4 is 9.47 Å². The van der Waals surface area contributed by atoms with Gasteiger partial charge in [-0.05, 0) is 26.8 Å². The molecule has 1 unspecified atom stereocenters. The number of halogens is 1. The van der Waals surface area contributed by atoms with Gasteiger partial charge in [0.15, 0.2) is 17.1 Å². The Morgan fingerprint density at radius 3 is 2.82 bits per heavy atom. The van der Waals surface area contributed by atoms with Crippen molar-refractivity contribution < 1.29 is 14.3 Å². The molecule has 4 nitrogen and oxygen atoms in total. The van der Waals surface area contributed by atoms with Crippen LogP contribution in [0, 0.1) is 0 Å². The molecule has 0 spiro atoms. The van der Waals surface area contributed by atoms with Crippen molar-refractivity contribution in [2.45, 2.75) is 44.6 Å². The number of hydrogen-bond donors (Lipinski definition) is 0. The number of oxime groups is 1. The molecule has 0 fully saturated rings. The topological polar surface area (TPSA) is 40.0 Å². The van der Waals surface area contributed by atoms with Gasteiger partial charge in [0.25, 0.3) is 0 Å². The van der Waals surface area contributed by atoms with Gasteiger partial charge in [-0.1, -0.05) is 17.3 Å². The summed E-state index contributed by atoms with van der Waals surface area (Å²) < 4.78 is 11.3. The smallest absolute Gasteiger partial charge is 0.165 e. The lowest BCUT2D eigenvalue weighted by Gasteiger charge is -2.18. The van der Waals surface area contributed by atoms with E-state index in [1.165, 1.54) is 0 Å². The summed E-state index contributed by atoms with van der Waals surface area (Å²) >= 11 is 7.56. The van der Waals surface area contributed by atoms with E-state index in [0.29, 0.717) is 5.88 Å². The van der Waals surface area contributed by atoms with Gasteiger partial charge < -0.3 is 14.3 Å². The third-order valence-electron chi connectivity index (χ3n) is 3.20. The van der Waals surface area contributed by atoms with E-state index in [0.717, 1.165) is 34.3 Å². The van der Waals surface area contributed by atoms with E-state index >= 15 is 0 Å². The molecule has 0 saturated heterocycles. The lowest BCUT2D eigenvalue weighted by molar-refractivity contribution is 0.0152. The molecule has 1 atom stereocenters. The van der Waals surface area contributed by atoms with Gasteiger partial charge in [0.2, 0.25) is 0 Å². The van der Waals surface area contributed by atoms with Crippen LogP contribution in [0.3, 0.4) is 0 Å². The first-order valence-electron chi connectivity index (χ1n) is 7.24. The lowest BCUT2D eigenvalue weighted by atomic mass is 10.1. The predicted molar refractivity (Wildman–Crippen MR) is 92.3 cm³/mol. The molecule has 2 rings (SSSR count). The zero-order valence-corrected chi connectivity index (χ0v) is 15.0. The fraction of sp³-hybridized carbons (Fsp3) is 0.562. The van der Waals surface area contributed by atoms with Crippen LogP contribution in [0.5, 0.6) is 11.5 Å². The van der Waals surface area contributed by atoms with Crippen LogP contribution in [0.1, 0.15) is 32.8 Å². The summed E-state index contributed by atoms with van der Waals surface area (Å²) in [4.78, 5) is 5.41. The largest absolute Gasteiger partial charge is 0.493 e. The second-order valence-electron chi connectivity index (χ2n) is 5.74. The Morgan fingerprint density at radius 2 is 2.23 bits per heavy atom. The van der Waals surface area contributed by atoms with Crippen molar-refractivity contribution in [3.8, 4) is 11.5 Å². The Hall–Kier alpha value is -1.07. The molecular weight excluding hydrogens is 322 g/mol. The number of nitrogens with zero attached hydrogens (tertiary/aromatic N) is 1. The third kappa shape index (κ3) is 4.23. The first-order valence-corrected chi connectivity index (χ1v) is 8.76. The monoisotopic (exact) mass is 343 g/mol. The molecule has 0 saturated carbocycles. The summed E-state index contributed by atoms with van der Waals surface area (Å²) in [6.45, 7) is 5.98. The van der Waals surface area contributed by atoms with E-state index in [1.807, 2.05) is 39.0 Å². The van der Waals surface area contributed by atoms with Crippen LogP contribution in [0.15, 0.2) is 23.4 Å². The van der Waals surface area contributed by atoms with E-state index in [1.54, 1.807) is 18.9 Å². The number of rotatable bonds is 6. The maximum Gasteiger partial charge on any atom is 0.165 e. The highest BCUT2D eigenvalue weighted by atomic mass is 35.5. The Balaban J connectivity index is 2.07. The van der Waals surface area contributed by atoms with Gasteiger partial charge in [-0.25, -0.2) is 0 Å². The van der Waals surface area contributed by atoms with Gasteiger partial charge in [-0.15, -0.1) is 23.4 Å². The van der Waals surface area contributed by atoms with Gasteiger partial charge in [0, 0.05) is 17.7 Å². The predicted octanol–water partition coefficient (Wildman–Crippen LogP) is 4.45.